The molecule has 2 nitrogen and oxygen atoms in total. The number of methoxy groups -OCH3 is 1. The predicted molar refractivity (Wildman–Crippen MR) is 71.1 cm³/mol. The molecule has 0 N–H and O–H groups in total. The van der Waals surface area contributed by atoms with Gasteiger partial charge in [0.15, 0.2) is 0 Å². The third-order valence-electron chi connectivity index (χ3n) is 2.72. The number of halogens is 1. The van der Waals surface area contributed by atoms with Crippen molar-refractivity contribution in [2.45, 2.75) is 39.0 Å². The summed E-state index contributed by atoms with van der Waals surface area (Å²) in [5.74, 6) is 0.682. The third-order valence-corrected chi connectivity index (χ3v) is 3.00. The van der Waals surface area contributed by atoms with Crippen LogP contribution in [0.2, 0.25) is 5.02 Å². The number of aldehydes is 1. The summed E-state index contributed by atoms with van der Waals surface area (Å²) in [7, 11) is 1.60. The third kappa shape index (κ3) is 3.47. The fourth-order valence-electron chi connectivity index (χ4n) is 1.71. The molecule has 0 saturated carbocycles. The summed E-state index contributed by atoms with van der Waals surface area (Å²) in [6.45, 7) is 6.40. The van der Waals surface area contributed by atoms with E-state index in [0.717, 1.165) is 17.4 Å². The van der Waals surface area contributed by atoms with E-state index in [1.165, 1.54) is 0 Å². The van der Waals surface area contributed by atoms with Crippen LogP contribution in [0.5, 0.6) is 5.75 Å². The molecule has 0 aliphatic carbocycles. The van der Waals surface area contributed by atoms with Crippen LogP contribution in [-0.4, -0.2) is 13.4 Å². The Labute approximate surface area is 108 Å². The lowest BCUT2D eigenvalue weighted by molar-refractivity contribution is -0.107. The molecule has 0 fully saturated rings. The summed E-state index contributed by atoms with van der Waals surface area (Å²) in [4.78, 5) is 10.5. The van der Waals surface area contributed by atoms with Crippen LogP contribution >= 0.6 is 11.6 Å². The maximum atomic E-state index is 10.5. The fourth-order valence-corrected chi connectivity index (χ4v) is 2.03. The Balaban J connectivity index is 3.23. The van der Waals surface area contributed by atoms with Gasteiger partial charge in [-0.2, -0.15) is 0 Å². The van der Waals surface area contributed by atoms with Gasteiger partial charge in [-0.1, -0.05) is 38.4 Å². The molecule has 0 heterocycles. The molecule has 1 rings (SSSR count). The molecule has 0 aliphatic rings. The number of hydrogen-bond acceptors (Lipinski definition) is 2. The van der Waals surface area contributed by atoms with Crippen molar-refractivity contribution >= 4 is 17.9 Å². The lowest BCUT2D eigenvalue weighted by atomic mass is 9.85. The molecular weight excluding hydrogens is 236 g/mol. The highest BCUT2D eigenvalue weighted by Crippen LogP contribution is 2.35. The van der Waals surface area contributed by atoms with Crippen molar-refractivity contribution in [2.75, 3.05) is 7.11 Å². The Morgan fingerprint density at radius 1 is 1.35 bits per heavy atom. The first-order chi connectivity index (χ1) is 7.90. The molecule has 0 radical (unpaired) electrons. The molecule has 0 amide bonds. The molecule has 1 aromatic carbocycles. The smallest absolute Gasteiger partial charge is 0.140 e. The molecule has 17 heavy (non-hydrogen) atoms. The first-order valence-electron chi connectivity index (χ1n) is 5.70. The Bertz CT molecular complexity index is 405. The van der Waals surface area contributed by atoms with Crippen molar-refractivity contribution in [3.05, 3.63) is 28.3 Å². The summed E-state index contributed by atoms with van der Waals surface area (Å²) in [5, 5.41) is 0.612. The van der Waals surface area contributed by atoms with Gasteiger partial charge in [0.1, 0.15) is 12.0 Å². The quantitative estimate of drug-likeness (QED) is 0.765. The molecule has 0 aliphatic heterocycles. The summed E-state index contributed by atoms with van der Waals surface area (Å²) in [6.07, 6.45) is 2.06. The largest absolute Gasteiger partial charge is 0.495 e. The van der Waals surface area contributed by atoms with Gasteiger partial charge >= 0.3 is 0 Å². The van der Waals surface area contributed by atoms with E-state index in [1.54, 1.807) is 7.11 Å². The van der Waals surface area contributed by atoms with Gasteiger partial charge in [-0.3, -0.25) is 0 Å². The first kappa shape index (κ1) is 14.0. The number of aryl methyl sites for hydroxylation is 1. The summed E-state index contributed by atoms with van der Waals surface area (Å²) >= 11 is 6.21. The van der Waals surface area contributed by atoms with E-state index in [-0.39, 0.29) is 5.41 Å². The van der Waals surface area contributed by atoms with E-state index >= 15 is 0 Å². The molecule has 3 heteroatoms. The van der Waals surface area contributed by atoms with Crippen molar-refractivity contribution in [1.82, 2.24) is 0 Å². The minimum atomic E-state index is 0.0336. The lowest BCUT2D eigenvalue weighted by Gasteiger charge is -2.22. The van der Waals surface area contributed by atoms with Crippen LogP contribution in [0.15, 0.2) is 12.1 Å². The van der Waals surface area contributed by atoms with Crippen LogP contribution < -0.4 is 4.74 Å². The van der Waals surface area contributed by atoms with Gasteiger partial charge in [-0.25, -0.2) is 0 Å². The van der Waals surface area contributed by atoms with Crippen LogP contribution in [0.4, 0.5) is 0 Å². The molecular formula is C14H19ClO2. The maximum Gasteiger partial charge on any atom is 0.140 e. The molecule has 0 unspecified atom stereocenters. The lowest BCUT2D eigenvalue weighted by Crippen LogP contribution is -2.12. The normalized spacial score (nSPS) is 11.4. The SMILES string of the molecule is COc1c(Cl)cc(C(C)(C)C)cc1CCC=O. The highest BCUT2D eigenvalue weighted by Gasteiger charge is 2.18. The van der Waals surface area contributed by atoms with Crippen LogP contribution in [0.1, 0.15) is 38.3 Å². The van der Waals surface area contributed by atoms with Crippen LogP contribution in [0, 0.1) is 0 Å². The second kappa shape index (κ2) is 5.54. The zero-order chi connectivity index (χ0) is 13.1. The predicted octanol–water partition coefficient (Wildman–Crippen LogP) is 3.78. The highest BCUT2D eigenvalue weighted by molar-refractivity contribution is 6.32. The van der Waals surface area contributed by atoms with E-state index in [2.05, 4.69) is 26.8 Å². The van der Waals surface area contributed by atoms with Gasteiger partial charge in [-0.05, 0) is 29.0 Å². The Kier molecular flexibility index (Phi) is 4.58. The number of carbonyl (C=O) groups excluding carboxylic acids is 1. The number of hydrogen-bond donors (Lipinski definition) is 0. The topological polar surface area (TPSA) is 26.3 Å². The Hall–Kier alpha value is -1.02. The second-order valence-corrected chi connectivity index (χ2v) is 5.51. The number of ether oxygens (including phenoxy) is 1. The number of rotatable bonds is 4. The molecule has 0 aromatic heterocycles. The maximum absolute atomic E-state index is 10.5. The average Bonchev–Trinajstić information content (AvgIpc) is 2.24. The minimum Gasteiger partial charge on any atom is -0.495 e. The molecule has 1 aromatic rings. The second-order valence-electron chi connectivity index (χ2n) is 5.11. The number of carbonyl (C=O) groups is 1. The highest BCUT2D eigenvalue weighted by atomic mass is 35.5. The molecule has 94 valence electrons. The van der Waals surface area contributed by atoms with Gasteiger partial charge in [0, 0.05) is 6.42 Å². The van der Waals surface area contributed by atoms with Crippen molar-refractivity contribution in [1.29, 1.82) is 0 Å². The van der Waals surface area contributed by atoms with Crippen LogP contribution in [0.3, 0.4) is 0 Å². The zero-order valence-corrected chi connectivity index (χ0v) is 11.6. The average molecular weight is 255 g/mol. The van der Waals surface area contributed by atoms with Gasteiger partial charge in [0.25, 0.3) is 0 Å². The minimum absolute atomic E-state index is 0.0336. The molecule has 0 bridgehead atoms. The molecule has 0 atom stereocenters. The van der Waals surface area contributed by atoms with Crippen LogP contribution in [-0.2, 0) is 16.6 Å². The van der Waals surface area contributed by atoms with E-state index in [0.29, 0.717) is 23.6 Å². The Morgan fingerprint density at radius 2 is 2.00 bits per heavy atom. The fraction of sp³-hybridized carbons (Fsp3) is 0.500. The monoisotopic (exact) mass is 254 g/mol. The Morgan fingerprint density at radius 3 is 2.47 bits per heavy atom. The van der Waals surface area contributed by atoms with E-state index < -0.39 is 0 Å². The first-order valence-corrected chi connectivity index (χ1v) is 6.08. The van der Waals surface area contributed by atoms with Gasteiger partial charge in [-0.15, -0.1) is 0 Å². The van der Waals surface area contributed by atoms with Crippen molar-refractivity contribution in [2.24, 2.45) is 0 Å². The summed E-state index contributed by atoms with van der Waals surface area (Å²) in [5.41, 5.74) is 2.19. The van der Waals surface area contributed by atoms with Crippen molar-refractivity contribution < 1.29 is 9.53 Å². The summed E-state index contributed by atoms with van der Waals surface area (Å²) in [6, 6.07) is 4.01. The van der Waals surface area contributed by atoms with Crippen molar-refractivity contribution in [3.63, 3.8) is 0 Å². The summed E-state index contributed by atoms with van der Waals surface area (Å²) < 4.78 is 5.29. The molecule has 0 saturated heterocycles. The van der Waals surface area contributed by atoms with Gasteiger partial charge in [0.2, 0.25) is 0 Å². The van der Waals surface area contributed by atoms with E-state index in [1.807, 2.05) is 6.07 Å². The van der Waals surface area contributed by atoms with Gasteiger partial charge < -0.3 is 9.53 Å². The van der Waals surface area contributed by atoms with Crippen molar-refractivity contribution in [3.8, 4) is 5.75 Å². The zero-order valence-electron chi connectivity index (χ0n) is 10.8. The standard InChI is InChI=1S/C14H19ClO2/c1-14(2,3)11-8-10(6-5-7-16)13(17-4)12(15)9-11/h7-9H,5-6H2,1-4H3. The van der Waals surface area contributed by atoms with E-state index in [9.17, 15) is 4.79 Å². The number of benzene rings is 1. The molecule has 0 spiro atoms. The van der Waals surface area contributed by atoms with Gasteiger partial charge in [0.05, 0.1) is 12.1 Å². The van der Waals surface area contributed by atoms with E-state index in [4.69, 9.17) is 16.3 Å². The van der Waals surface area contributed by atoms with Crippen LogP contribution in [0.25, 0.3) is 0 Å².